The lowest BCUT2D eigenvalue weighted by molar-refractivity contribution is -0.254. The minimum absolute atomic E-state index is 0.188. The van der Waals surface area contributed by atoms with Gasteiger partial charge in [0.25, 0.3) is 0 Å². The molecule has 4 aliphatic carbocycles. The third-order valence-electron chi connectivity index (χ3n) is 10.2. The fraction of sp³-hybridized carbons (Fsp3) is 0.917. The standard InChI is InChI=1S/C24H36O4/c1-3-22-10-11-23(25-12-13-26-23)16-17(22)4-5-18-19-7-9-24(27-14-15-28-24)21(19,2)8-6-20(18)22/h3,17-20H,1,4-16H2,2H3/t17-,18-,19-,20-,21-,22-/m0/s1. The first-order valence-corrected chi connectivity index (χ1v) is 11.8. The normalized spacial score (nSPS) is 51.0. The first kappa shape index (κ1) is 18.4. The van der Waals surface area contributed by atoms with Crippen LogP contribution >= 0.6 is 0 Å². The van der Waals surface area contributed by atoms with Gasteiger partial charge in [-0.25, -0.2) is 0 Å². The van der Waals surface area contributed by atoms with Crippen molar-refractivity contribution in [3.8, 4) is 0 Å². The van der Waals surface area contributed by atoms with Gasteiger partial charge in [0.15, 0.2) is 11.6 Å². The van der Waals surface area contributed by atoms with E-state index in [0.29, 0.717) is 5.92 Å². The summed E-state index contributed by atoms with van der Waals surface area (Å²) in [5.74, 6) is 2.38. The number of allylic oxidation sites excluding steroid dienone is 1. The Morgan fingerprint density at radius 3 is 2.25 bits per heavy atom. The molecule has 6 atom stereocenters. The van der Waals surface area contributed by atoms with Crippen molar-refractivity contribution in [1.82, 2.24) is 0 Å². The van der Waals surface area contributed by atoms with Gasteiger partial charge in [-0.1, -0.05) is 13.0 Å². The van der Waals surface area contributed by atoms with E-state index in [9.17, 15) is 0 Å². The number of hydrogen-bond acceptors (Lipinski definition) is 4. The van der Waals surface area contributed by atoms with Gasteiger partial charge in [-0.2, -0.15) is 0 Å². The van der Waals surface area contributed by atoms with Gasteiger partial charge >= 0.3 is 0 Å². The molecule has 0 aromatic rings. The highest BCUT2D eigenvalue weighted by Gasteiger charge is 2.68. The number of rotatable bonds is 1. The van der Waals surface area contributed by atoms with Crippen molar-refractivity contribution in [3.63, 3.8) is 0 Å². The first-order valence-electron chi connectivity index (χ1n) is 11.8. The summed E-state index contributed by atoms with van der Waals surface area (Å²) in [6.45, 7) is 9.97. The number of fused-ring (bicyclic) bond motifs is 6. The van der Waals surface area contributed by atoms with E-state index < -0.39 is 0 Å². The third-order valence-corrected chi connectivity index (χ3v) is 10.2. The van der Waals surface area contributed by atoms with Crippen LogP contribution in [0.2, 0.25) is 0 Å². The van der Waals surface area contributed by atoms with Crippen LogP contribution in [0.25, 0.3) is 0 Å². The summed E-state index contributed by atoms with van der Waals surface area (Å²) in [7, 11) is 0. The van der Waals surface area contributed by atoms with E-state index in [2.05, 4.69) is 19.6 Å². The molecule has 6 aliphatic rings. The molecule has 0 N–H and O–H groups in total. The lowest BCUT2D eigenvalue weighted by Crippen LogP contribution is -2.58. The Kier molecular flexibility index (Phi) is 3.97. The van der Waals surface area contributed by atoms with E-state index in [1.807, 2.05) is 0 Å². The smallest absolute Gasteiger partial charge is 0.174 e. The zero-order valence-corrected chi connectivity index (χ0v) is 17.4. The molecule has 0 aromatic heterocycles. The fourth-order valence-corrected chi connectivity index (χ4v) is 8.95. The average Bonchev–Trinajstić information content (AvgIpc) is 3.43. The second-order valence-corrected chi connectivity index (χ2v) is 10.7. The third kappa shape index (κ3) is 2.16. The first-order chi connectivity index (χ1) is 13.6. The van der Waals surface area contributed by atoms with Crippen molar-refractivity contribution in [2.45, 2.75) is 76.3 Å². The summed E-state index contributed by atoms with van der Waals surface area (Å²) >= 11 is 0. The second-order valence-electron chi connectivity index (χ2n) is 10.7. The highest BCUT2D eigenvalue weighted by molar-refractivity contribution is 5.17. The molecule has 28 heavy (non-hydrogen) atoms. The van der Waals surface area contributed by atoms with E-state index in [-0.39, 0.29) is 22.4 Å². The van der Waals surface area contributed by atoms with Crippen LogP contribution in [0, 0.1) is 34.5 Å². The van der Waals surface area contributed by atoms with Crippen molar-refractivity contribution in [3.05, 3.63) is 12.7 Å². The van der Waals surface area contributed by atoms with Gasteiger partial charge in [-0.15, -0.1) is 6.58 Å². The Bertz CT molecular complexity index is 649. The van der Waals surface area contributed by atoms with Crippen molar-refractivity contribution in [2.24, 2.45) is 34.5 Å². The van der Waals surface area contributed by atoms with Gasteiger partial charge in [0.05, 0.1) is 26.4 Å². The Labute approximate surface area is 169 Å². The maximum atomic E-state index is 6.30. The van der Waals surface area contributed by atoms with Crippen LogP contribution in [0.15, 0.2) is 12.7 Å². The summed E-state index contributed by atoms with van der Waals surface area (Å²) in [6.07, 6.45) is 13.2. The Morgan fingerprint density at radius 2 is 1.50 bits per heavy atom. The van der Waals surface area contributed by atoms with Gasteiger partial charge in [0.2, 0.25) is 0 Å². The summed E-state index contributed by atoms with van der Waals surface area (Å²) in [5.41, 5.74) is 0.464. The predicted molar refractivity (Wildman–Crippen MR) is 106 cm³/mol. The summed E-state index contributed by atoms with van der Waals surface area (Å²) in [5, 5.41) is 0. The van der Waals surface area contributed by atoms with E-state index in [0.717, 1.165) is 63.4 Å². The molecule has 6 rings (SSSR count). The van der Waals surface area contributed by atoms with Crippen LogP contribution in [0.1, 0.15) is 64.7 Å². The molecule has 0 unspecified atom stereocenters. The monoisotopic (exact) mass is 388 g/mol. The Balaban J connectivity index is 1.30. The molecular weight excluding hydrogens is 352 g/mol. The fourth-order valence-electron chi connectivity index (χ4n) is 8.95. The second kappa shape index (κ2) is 6.06. The molecule has 4 saturated carbocycles. The highest BCUT2D eigenvalue weighted by atomic mass is 16.7. The molecule has 0 amide bonds. The molecule has 2 spiro atoms. The van der Waals surface area contributed by atoms with Crippen LogP contribution in [0.5, 0.6) is 0 Å². The Morgan fingerprint density at radius 1 is 0.786 bits per heavy atom. The van der Waals surface area contributed by atoms with Crippen LogP contribution < -0.4 is 0 Å². The molecule has 2 aliphatic heterocycles. The molecule has 0 radical (unpaired) electrons. The highest BCUT2D eigenvalue weighted by Crippen LogP contribution is 2.70. The molecule has 4 nitrogen and oxygen atoms in total. The SMILES string of the molecule is C=C[C@]12CCC3(C[C@@H]1CC[C@@H]1[C@@H]2CC[C@@]2(C)[C@H]1CCC21OCCO1)OCCO3. The van der Waals surface area contributed by atoms with E-state index in [4.69, 9.17) is 18.9 Å². The lowest BCUT2D eigenvalue weighted by atomic mass is 9.44. The Hall–Kier alpha value is -0.420. The molecule has 2 heterocycles. The predicted octanol–water partition coefficient (Wildman–Crippen LogP) is 4.68. The van der Waals surface area contributed by atoms with E-state index >= 15 is 0 Å². The van der Waals surface area contributed by atoms with E-state index in [1.54, 1.807) is 0 Å². The van der Waals surface area contributed by atoms with Crippen LogP contribution in [-0.2, 0) is 18.9 Å². The molecular formula is C24H36O4. The summed E-state index contributed by atoms with van der Waals surface area (Å²) in [4.78, 5) is 0. The largest absolute Gasteiger partial charge is 0.348 e. The average molecular weight is 389 g/mol. The topological polar surface area (TPSA) is 36.9 Å². The minimum Gasteiger partial charge on any atom is -0.348 e. The van der Waals surface area contributed by atoms with Crippen LogP contribution in [0.4, 0.5) is 0 Å². The maximum Gasteiger partial charge on any atom is 0.174 e. The molecule has 2 saturated heterocycles. The molecule has 156 valence electrons. The minimum atomic E-state index is -0.289. The van der Waals surface area contributed by atoms with Gasteiger partial charge in [0.1, 0.15) is 0 Å². The van der Waals surface area contributed by atoms with Crippen molar-refractivity contribution in [1.29, 1.82) is 0 Å². The van der Waals surface area contributed by atoms with Crippen molar-refractivity contribution >= 4 is 0 Å². The zero-order chi connectivity index (χ0) is 19.0. The molecule has 4 heteroatoms. The van der Waals surface area contributed by atoms with Crippen molar-refractivity contribution < 1.29 is 18.9 Å². The quantitative estimate of drug-likeness (QED) is 0.611. The molecule has 6 fully saturated rings. The van der Waals surface area contributed by atoms with Crippen molar-refractivity contribution in [2.75, 3.05) is 26.4 Å². The summed E-state index contributed by atoms with van der Waals surface area (Å²) < 4.78 is 24.8. The van der Waals surface area contributed by atoms with Gasteiger partial charge in [0, 0.05) is 24.7 Å². The number of hydrogen-bond donors (Lipinski definition) is 0. The van der Waals surface area contributed by atoms with Crippen LogP contribution in [-0.4, -0.2) is 38.0 Å². The molecule has 0 aromatic carbocycles. The van der Waals surface area contributed by atoms with Gasteiger partial charge in [-0.05, 0) is 67.6 Å². The maximum absolute atomic E-state index is 6.30. The molecule has 0 bridgehead atoms. The summed E-state index contributed by atoms with van der Waals surface area (Å²) in [6, 6.07) is 0. The lowest BCUT2D eigenvalue weighted by Gasteiger charge is -2.62. The number of ether oxygens (including phenoxy) is 4. The van der Waals surface area contributed by atoms with Crippen LogP contribution in [0.3, 0.4) is 0 Å². The van der Waals surface area contributed by atoms with E-state index in [1.165, 1.54) is 38.5 Å². The van der Waals surface area contributed by atoms with Gasteiger partial charge < -0.3 is 18.9 Å². The van der Waals surface area contributed by atoms with Gasteiger partial charge in [-0.3, -0.25) is 0 Å². The zero-order valence-electron chi connectivity index (χ0n) is 17.4.